The Kier molecular flexibility index (Phi) is 3.03. The van der Waals surface area contributed by atoms with Gasteiger partial charge in [0.05, 0.1) is 16.9 Å². The Hall–Kier alpha value is -1.60. The number of aromatic nitrogens is 2. The topological polar surface area (TPSA) is 74.8 Å². The fourth-order valence-electron chi connectivity index (χ4n) is 1.21. The molecule has 0 bridgehead atoms. The maximum Gasteiger partial charge on any atom is 0.264 e. The SMILES string of the molecule is O=S(=O)(Nc1cn[nH]c1)c1cccc(Cl)c1F. The zero-order valence-corrected chi connectivity index (χ0v) is 9.89. The lowest BCUT2D eigenvalue weighted by Gasteiger charge is -2.07. The highest BCUT2D eigenvalue weighted by molar-refractivity contribution is 7.92. The number of benzene rings is 1. The van der Waals surface area contributed by atoms with Gasteiger partial charge in [0.25, 0.3) is 10.0 Å². The highest BCUT2D eigenvalue weighted by atomic mass is 35.5. The van der Waals surface area contributed by atoms with Crippen LogP contribution in [0, 0.1) is 5.82 Å². The Morgan fingerprint density at radius 3 is 2.82 bits per heavy atom. The monoisotopic (exact) mass is 275 g/mol. The normalized spacial score (nSPS) is 11.4. The summed E-state index contributed by atoms with van der Waals surface area (Å²) in [4.78, 5) is -0.508. The lowest BCUT2D eigenvalue weighted by molar-refractivity contribution is 0.570. The van der Waals surface area contributed by atoms with Gasteiger partial charge in [-0.15, -0.1) is 0 Å². The van der Waals surface area contributed by atoms with E-state index in [4.69, 9.17) is 11.6 Å². The van der Waals surface area contributed by atoms with Gasteiger partial charge < -0.3 is 0 Å². The molecule has 0 atom stereocenters. The van der Waals surface area contributed by atoms with Crippen molar-refractivity contribution in [2.75, 3.05) is 4.72 Å². The van der Waals surface area contributed by atoms with Crippen LogP contribution in [0.4, 0.5) is 10.1 Å². The second-order valence-corrected chi connectivity index (χ2v) is 5.20. The van der Waals surface area contributed by atoms with E-state index in [2.05, 4.69) is 14.9 Å². The maximum atomic E-state index is 13.6. The highest BCUT2D eigenvalue weighted by Gasteiger charge is 2.20. The fraction of sp³-hybridized carbons (Fsp3) is 0. The summed E-state index contributed by atoms with van der Waals surface area (Å²) in [6, 6.07) is 3.76. The molecule has 0 aliphatic carbocycles. The van der Waals surface area contributed by atoms with Gasteiger partial charge in [-0.1, -0.05) is 17.7 Å². The minimum Gasteiger partial charge on any atom is -0.284 e. The molecule has 1 aromatic carbocycles. The minimum absolute atomic E-state index is 0.212. The van der Waals surface area contributed by atoms with Crippen molar-refractivity contribution in [1.82, 2.24) is 10.2 Å². The molecule has 0 radical (unpaired) electrons. The summed E-state index contributed by atoms with van der Waals surface area (Å²) in [6.45, 7) is 0. The largest absolute Gasteiger partial charge is 0.284 e. The van der Waals surface area contributed by atoms with Gasteiger partial charge in [-0.25, -0.2) is 12.8 Å². The first-order valence-corrected chi connectivity index (χ1v) is 6.32. The van der Waals surface area contributed by atoms with Crippen LogP contribution in [0.5, 0.6) is 0 Å². The number of hydrogen-bond donors (Lipinski definition) is 2. The first kappa shape index (κ1) is 11.9. The van der Waals surface area contributed by atoms with Crippen molar-refractivity contribution in [3.05, 3.63) is 41.4 Å². The summed E-state index contributed by atoms with van der Waals surface area (Å²) in [5.74, 6) is -0.981. The Balaban J connectivity index is 2.42. The number of anilines is 1. The van der Waals surface area contributed by atoms with Gasteiger partial charge in [0.2, 0.25) is 0 Å². The molecular formula is C9H7ClFN3O2S. The molecule has 0 unspecified atom stereocenters. The van der Waals surface area contributed by atoms with Crippen LogP contribution < -0.4 is 4.72 Å². The van der Waals surface area contributed by atoms with Crippen LogP contribution in [0.2, 0.25) is 5.02 Å². The molecule has 1 aromatic heterocycles. The first-order valence-electron chi connectivity index (χ1n) is 4.46. The molecule has 2 rings (SSSR count). The van der Waals surface area contributed by atoms with E-state index in [0.29, 0.717) is 0 Å². The van der Waals surface area contributed by atoms with Crippen LogP contribution in [-0.4, -0.2) is 18.6 Å². The summed E-state index contributed by atoms with van der Waals surface area (Å²) in [7, 11) is -4.01. The van der Waals surface area contributed by atoms with Crippen LogP contribution >= 0.6 is 11.6 Å². The van der Waals surface area contributed by atoms with Gasteiger partial charge in [0.1, 0.15) is 4.90 Å². The van der Waals surface area contributed by atoms with Crippen molar-refractivity contribution >= 4 is 27.3 Å². The standard InChI is InChI=1S/C9H7ClFN3O2S/c10-7-2-1-3-8(9(7)11)17(15,16)14-6-4-12-13-5-6/h1-5,14H,(H,12,13). The lowest BCUT2D eigenvalue weighted by Crippen LogP contribution is -2.14. The molecule has 90 valence electrons. The third kappa shape index (κ3) is 2.40. The van der Waals surface area contributed by atoms with Crippen LogP contribution in [-0.2, 0) is 10.0 Å². The van der Waals surface area contributed by atoms with Crippen LogP contribution in [0.1, 0.15) is 0 Å². The molecule has 0 aliphatic rings. The average Bonchev–Trinajstić information content (AvgIpc) is 2.73. The van der Waals surface area contributed by atoms with E-state index in [1.807, 2.05) is 0 Å². The van der Waals surface area contributed by atoms with Gasteiger partial charge in [0, 0.05) is 6.20 Å². The van der Waals surface area contributed by atoms with Gasteiger partial charge >= 0.3 is 0 Å². The maximum absolute atomic E-state index is 13.6. The van der Waals surface area contributed by atoms with Gasteiger partial charge in [-0.3, -0.25) is 9.82 Å². The third-order valence-corrected chi connectivity index (χ3v) is 3.65. The molecule has 8 heteroatoms. The number of rotatable bonds is 3. The smallest absolute Gasteiger partial charge is 0.264 e. The molecule has 0 fully saturated rings. The number of H-pyrrole nitrogens is 1. The zero-order valence-electron chi connectivity index (χ0n) is 8.31. The Morgan fingerprint density at radius 1 is 1.41 bits per heavy atom. The van der Waals surface area contributed by atoms with Crippen LogP contribution in [0.25, 0.3) is 0 Å². The average molecular weight is 276 g/mol. The number of aromatic amines is 1. The van der Waals surface area contributed by atoms with Crippen molar-refractivity contribution in [3.63, 3.8) is 0 Å². The third-order valence-electron chi connectivity index (χ3n) is 1.96. The molecule has 5 nitrogen and oxygen atoms in total. The van der Waals surface area contributed by atoms with E-state index in [-0.39, 0.29) is 10.7 Å². The molecule has 0 saturated carbocycles. The molecule has 2 N–H and O–H groups in total. The molecule has 2 aromatic rings. The van der Waals surface area contributed by atoms with E-state index in [0.717, 1.165) is 6.07 Å². The second-order valence-electron chi connectivity index (χ2n) is 3.14. The van der Waals surface area contributed by atoms with Crippen LogP contribution in [0.15, 0.2) is 35.5 Å². The molecule has 0 aliphatic heterocycles. The molecular weight excluding hydrogens is 269 g/mol. The van der Waals surface area contributed by atoms with Gasteiger partial charge in [-0.2, -0.15) is 5.10 Å². The quantitative estimate of drug-likeness (QED) is 0.900. The van der Waals surface area contributed by atoms with E-state index >= 15 is 0 Å². The van der Waals surface area contributed by atoms with Gasteiger partial charge in [-0.05, 0) is 12.1 Å². The summed E-state index contributed by atoms with van der Waals surface area (Å²) < 4.78 is 39.4. The zero-order chi connectivity index (χ0) is 12.5. The number of nitrogens with zero attached hydrogens (tertiary/aromatic N) is 1. The molecule has 17 heavy (non-hydrogen) atoms. The first-order chi connectivity index (χ1) is 8.00. The Morgan fingerprint density at radius 2 is 2.18 bits per heavy atom. The molecule has 0 amide bonds. The number of sulfonamides is 1. The summed E-state index contributed by atoms with van der Waals surface area (Å²) >= 11 is 5.52. The fourth-order valence-corrected chi connectivity index (χ4v) is 2.57. The summed E-state index contributed by atoms with van der Waals surface area (Å²) in [5.41, 5.74) is 0.212. The highest BCUT2D eigenvalue weighted by Crippen LogP contribution is 2.23. The number of hydrogen-bond acceptors (Lipinski definition) is 3. The van der Waals surface area contributed by atoms with E-state index in [1.165, 1.54) is 24.5 Å². The van der Waals surface area contributed by atoms with Crippen molar-refractivity contribution in [1.29, 1.82) is 0 Å². The van der Waals surface area contributed by atoms with Crippen molar-refractivity contribution < 1.29 is 12.8 Å². The van der Waals surface area contributed by atoms with E-state index in [1.54, 1.807) is 0 Å². The van der Waals surface area contributed by atoms with Crippen LogP contribution in [0.3, 0.4) is 0 Å². The van der Waals surface area contributed by atoms with E-state index < -0.39 is 20.7 Å². The van der Waals surface area contributed by atoms with Gasteiger partial charge in [0.15, 0.2) is 5.82 Å². The Labute approximate surface area is 102 Å². The summed E-state index contributed by atoms with van der Waals surface area (Å²) in [5, 5.41) is 5.75. The lowest BCUT2D eigenvalue weighted by atomic mass is 10.3. The van der Waals surface area contributed by atoms with Crippen molar-refractivity contribution in [2.24, 2.45) is 0 Å². The minimum atomic E-state index is -4.01. The molecule has 0 saturated heterocycles. The predicted molar refractivity (Wildman–Crippen MR) is 60.8 cm³/mol. The number of nitrogens with one attached hydrogen (secondary N) is 2. The van der Waals surface area contributed by atoms with Crippen molar-refractivity contribution in [3.8, 4) is 0 Å². The second kappa shape index (κ2) is 4.34. The van der Waals surface area contributed by atoms with Crippen molar-refractivity contribution in [2.45, 2.75) is 4.90 Å². The van der Waals surface area contributed by atoms with E-state index in [9.17, 15) is 12.8 Å². The molecule has 1 heterocycles. The number of halogens is 2. The predicted octanol–water partition coefficient (Wildman–Crippen LogP) is 2.00. The Bertz CT molecular complexity index is 628. The molecule has 0 spiro atoms. The summed E-state index contributed by atoms with van der Waals surface area (Å²) in [6.07, 6.45) is 2.60.